The smallest absolute Gasteiger partial charge is 0.401 e. The van der Waals surface area contributed by atoms with Crippen LogP contribution in [0.5, 0.6) is 0 Å². The maximum absolute atomic E-state index is 12.0. The zero-order valence-electron chi connectivity index (χ0n) is 9.94. The van der Waals surface area contributed by atoms with Crippen LogP contribution in [0.4, 0.5) is 13.2 Å². The fourth-order valence-electron chi connectivity index (χ4n) is 1.23. The molecular formula is C10H18F3NO2. The Morgan fingerprint density at radius 3 is 2.12 bits per heavy atom. The lowest BCUT2D eigenvalue weighted by Crippen LogP contribution is -2.44. The summed E-state index contributed by atoms with van der Waals surface area (Å²) in [5.41, 5.74) is -0.253. The fraction of sp³-hybridized carbons (Fsp3) is 0.900. The van der Waals surface area contributed by atoms with Crippen LogP contribution in [-0.2, 0) is 9.53 Å². The van der Waals surface area contributed by atoms with Gasteiger partial charge in [-0.2, -0.15) is 13.2 Å². The van der Waals surface area contributed by atoms with Gasteiger partial charge in [0.2, 0.25) is 0 Å². The Morgan fingerprint density at radius 2 is 1.81 bits per heavy atom. The molecule has 0 radical (unpaired) electrons. The van der Waals surface area contributed by atoms with Crippen molar-refractivity contribution < 1.29 is 22.7 Å². The number of methoxy groups -OCH3 is 1. The number of ether oxygens (including phenoxy) is 1. The lowest BCUT2D eigenvalue weighted by atomic mass is 9.88. The molecule has 0 bridgehead atoms. The molecular weight excluding hydrogens is 223 g/mol. The number of nitrogens with one attached hydrogen (secondary N) is 1. The Hall–Kier alpha value is -0.780. The van der Waals surface area contributed by atoms with Crippen LogP contribution >= 0.6 is 0 Å². The van der Waals surface area contributed by atoms with Crippen LogP contribution in [0, 0.1) is 5.41 Å². The summed E-state index contributed by atoms with van der Waals surface area (Å²) in [4.78, 5) is 11.3. The molecule has 6 heteroatoms. The molecule has 0 aromatic rings. The van der Waals surface area contributed by atoms with Gasteiger partial charge in [-0.25, -0.2) is 0 Å². The largest absolute Gasteiger partial charge is 0.468 e. The van der Waals surface area contributed by atoms with Crippen molar-refractivity contribution in [3.05, 3.63) is 0 Å². The summed E-state index contributed by atoms with van der Waals surface area (Å²) in [5, 5.41) is 2.17. The van der Waals surface area contributed by atoms with E-state index in [1.54, 1.807) is 0 Å². The lowest BCUT2D eigenvalue weighted by molar-refractivity contribution is -0.147. The first-order valence-electron chi connectivity index (χ1n) is 4.93. The van der Waals surface area contributed by atoms with E-state index in [9.17, 15) is 18.0 Å². The molecule has 1 atom stereocenters. The second-order valence-corrected chi connectivity index (χ2v) is 4.84. The van der Waals surface area contributed by atoms with E-state index < -0.39 is 24.7 Å². The average molecular weight is 241 g/mol. The first-order valence-corrected chi connectivity index (χ1v) is 4.93. The van der Waals surface area contributed by atoms with Crippen LogP contribution in [0.25, 0.3) is 0 Å². The van der Waals surface area contributed by atoms with E-state index >= 15 is 0 Å². The van der Waals surface area contributed by atoms with E-state index in [1.807, 2.05) is 20.8 Å². The predicted molar refractivity (Wildman–Crippen MR) is 53.9 cm³/mol. The normalized spacial score (nSPS) is 14.7. The van der Waals surface area contributed by atoms with E-state index in [2.05, 4.69) is 10.1 Å². The van der Waals surface area contributed by atoms with E-state index in [0.717, 1.165) is 7.11 Å². The molecule has 1 unspecified atom stereocenters. The molecule has 0 saturated heterocycles. The Kier molecular flexibility index (Phi) is 5.25. The first-order chi connectivity index (χ1) is 7.05. The Bertz CT molecular complexity index is 233. The van der Waals surface area contributed by atoms with E-state index in [1.165, 1.54) is 0 Å². The van der Waals surface area contributed by atoms with Crippen molar-refractivity contribution in [3.63, 3.8) is 0 Å². The average Bonchev–Trinajstić information content (AvgIpc) is 2.07. The SMILES string of the molecule is COC(=O)C(CC(C)(C)C)NCC(F)(F)F. The van der Waals surface area contributed by atoms with Gasteiger partial charge in [0, 0.05) is 0 Å². The summed E-state index contributed by atoms with van der Waals surface area (Å²) in [7, 11) is 1.16. The van der Waals surface area contributed by atoms with Crippen LogP contribution in [0.15, 0.2) is 0 Å². The summed E-state index contributed by atoms with van der Waals surface area (Å²) in [6.07, 6.45) is -4.04. The van der Waals surface area contributed by atoms with Gasteiger partial charge in [0.25, 0.3) is 0 Å². The summed E-state index contributed by atoms with van der Waals surface area (Å²) < 4.78 is 40.5. The number of hydrogen-bond donors (Lipinski definition) is 1. The standard InChI is InChI=1S/C10H18F3NO2/c1-9(2,3)5-7(8(15)16-4)14-6-10(11,12)13/h7,14H,5-6H2,1-4H3. The summed E-state index contributed by atoms with van der Waals surface area (Å²) in [6.45, 7) is 4.34. The summed E-state index contributed by atoms with van der Waals surface area (Å²) in [6, 6.07) is -0.924. The molecule has 16 heavy (non-hydrogen) atoms. The Morgan fingerprint density at radius 1 is 1.31 bits per heavy atom. The van der Waals surface area contributed by atoms with Crippen molar-refractivity contribution >= 4 is 5.97 Å². The molecule has 0 aliphatic rings. The van der Waals surface area contributed by atoms with Crippen LogP contribution < -0.4 is 5.32 Å². The Labute approximate surface area is 93.3 Å². The molecule has 0 rings (SSSR count). The highest BCUT2D eigenvalue weighted by atomic mass is 19.4. The van der Waals surface area contributed by atoms with Crippen LogP contribution in [0.1, 0.15) is 27.2 Å². The van der Waals surface area contributed by atoms with Crippen LogP contribution in [-0.4, -0.2) is 31.8 Å². The molecule has 0 aromatic heterocycles. The van der Waals surface area contributed by atoms with Crippen LogP contribution in [0.3, 0.4) is 0 Å². The highest BCUT2D eigenvalue weighted by molar-refractivity contribution is 5.75. The van der Waals surface area contributed by atoms with Crippen LogP contribution in [0.2, 0.25) is 0 Å². The van der Waals surface area contributed by atoms with E-state index in [0.29, 0.717) is 0 Å². The number of carbonyl (C=O) groups is 1. The molecule has 0 aromatic carbocycles. The Balaban J connectivity index is 4.40. The van der Waals surface area contributed by atoms with Gasteiger partial charge in [-0.3, -0.25) is 10.1 Å². The maximum atomic E-state index is 12.0. The molecule has 1 N–H and O–H groups in total. The van der Waals surface area contributed by atoms with Gasteiger partial charge in [-0.05, 0) is 11.8 Å². The van der Waals surface area contributed by atoms with Gasteiger partial charge in [0.15, 0.2) is 0 Å². The third-order valence-corrected chi connectivity index (χ3v) is 1.85. The fourth-order valence-corrected chi connectivity index (χ4v) is 1.23. The summed E-state index contributed by atoms with van der Waals surface area (Å²) in [5.74, 6) is -0.667. The molecule has 96 valence electrons. The summed E-state index contributed by atoms with van der Waals surface area (Å²) >= 11 is 0. The van der Waals surface area contributed by atoms with E-state index in [4.69, 9.17) is 0 Å². The van der Waals surface area contributed by atoms with Gasteiger partial charge in [0.1, 0.15) is 6.04 Å². The minimum Gasteiger partial charge on any atom is -0.468 e. The number of esters is 1. The molecule has 3 nitrogen and oxygen atoms in total. The van der Waals surface area contributed by atoms with Crippen molar-refractivity contribution in [2.24, 2.45) is 5.41 Å². The first kappa shape index (κ1) is 15.2. The van der Waals surface area contributed by atoms with Gasteiger partial charge >= 0.3 is 12.1 Å². The minimum absolute atomic E-state index is 0.253. The van der Waals surface area contributed by atoms with Crippen molar-refractivity contribution in [1.29, 1.82) is 0 Å². The van der Waals surface area contributed by atoms with Crippen molar-refractivity contribution in [3.8, 4) is 0 Å². The monoisotopic (exact) mass is 241 g/mol. The molecule has 0 spiro atoms. The van der Waals surface area contributed by atoms with Gasteiger partial charge in [-0.15, -0.1) is 0 Å². The number of carbonyl (C=O) groups excluding carboxylic acids is 1. The predicted octanol–water partition coefficient (Wildman–Crippen LogP) is 2.12. The molecule has 0 aliphatic carbocycles. The van der Waals surface area contributed by atoms with Gasteiger partial charge in [0.05, 0.1) is 13.7 Å². The highest BCUT2D eigenvalue weighted by Gasteiger charge is 2.32. The number of rotatable bonds is 4. The van der Waals surface area contributed by atoms with Crippen molar-refractivity contribution in [1.82, 2.24) is 5.32 Å². The highest BCUT2D eigenvalue weighted by Crippen LogP contribution is 2.22. The van der Waals surface area contributed by atoms with Crippen molar-refractivity contribution in [2.75, 3.05) is 13.7 Å². The van der Waals surface area contributed by atoms with Crippen molar-refractivity contribution in [2.45, 2.75) is 39.4 Å². The van der Waals surface area contributed by atoms with Gasteiger partial charge in [-0.1, -0.05) is 20.8 Å². The number of alkyl halides is 3. The minimum atomic E-state index is -4.33. The third kappa shape index (κ3) is 7.50. The molecule has 0 fully saturated rings. The maximum Gasteiger partial charge on any atom is 0.401 e. The van der Waals surface area contributed by atoms with Gasteiger partial charge < -0.3 is 4.74 Å². The number of hydrogen-bond acceptors (Lipinski definition) is 3. The second kappa shape index (κ2) is 5.52. The molecule has 0 saturated carbocycles. The zero-order chi connectivity index (χ0) is 13.0. The lowest BCUT2D eigenvalue weighted by Gasteiger charge is -2.25. The molecule has 0 amide bonds. The zero-order valence-corrected chi connectivity index (χ0v) is 9.94. The number of halogens is 3. The van der Waals surface area contributed by atoms with E-state index in [-0.39, 0.29) is 11.8 Å². The molecule has 0 heterocycles. The third-order valence-electron chi connectivity index (χ3n) is 1.85. The quantitative estimate of drug-likeness (QED) is 0.766. The topological polar surface area (TPSA) is 38.3 Å². The second-order valence-electron chi connectivity index (χ2n) is 4.84. The molecule has 0 aliphatic heterocycles.